The molecule has 2 aromatic carbocycles. The summed E-state index contributed by atoms with van der Waals surface area (Å²) in [6.07, 6.45) is 3.37. The molecule has 0 atom stereocenters. The lowest BCUT2D eigenvalue weighted by Crippen LogP contribution is -2.04. The number of hydrogen-bond acceptors (Lipinski definition) is 8. The molecular weight excluding hydrogens is 421 g/mol. The Balaban J connectivity index is 1.58. The van der Waals surface area contributed by atoms with Crippen LogP contribution in [0.3, 0.4) is 0 Å². The molecule has 0 saturated heterocycles. The Kier molecular flexibility index (Phi) is 5.15. The van der Waals surface area contributed by atoms with E-state index in [1.807, 2.05) is 30.3 Å². The van der Waals surface area contributed by atoms with Gasteiger partial charge in [-0.1, -0.05) is 36.4 Å². The molecule has 0 unspecified atom stereocenters. The summed E-state index contributed by atoms with van der Waals surface area (Å²) in [6.45, 7) is 0.319. The van der Waals surface area contributed by atoms with Gasteiger partial charge in [0, 0.05) is 17.8 Å². The fourth-order valence-electron chi connectivity index (χ4n) is 3.44. The maximum absolute atomic E-state index is 14.8. The van der Waals surface area contributed by atoms with Gasteiger partial charge in [0.2, 0.25) is 0 Å². The van der Waals surface area contributed by atoms with Gasteiger partial charge in [0.05, 0.1) is 12.2 Å². The van der Waals surface area contributed by atoms with Gasteiger partial charge in [0.1, 0.15) is 17.0 Å². The van der Waals surface area contributed by atoms with Crippen molar-refractivity contribution < 1.29 is 4.39 Å². The second-order valence-electron chi connectivity index (χ2n) is 7.21. The maximum atomic E-state index is 14.8. The number of fused-ring (bicyclic) bond motifs is 1. The van der Waals surface area contributed by atoms with Crippen molar-refractivity contribution in [1.82, 2.24) is 24.7 Å². The number of rotatable bonds is 5. The van der Waals surface area contributed by atoms with Gasteiger partial charge in [-0.2, -0.15) is 10.2 Å². The monoisotopic (exact) mass is 439 g/mol. The summed E-state index contributed by atoms with van der Waals surface area (Å²) in [7, 11) is 0. The highest BCUT2D eigenvalue weighted by atomic mass is 19.1. The van der Waals surface area contributed by atoms with Crippen molar-refractivity contribution in [1.29, 1.82) is 0 Å². The molecular formula is C23H18FN9. The smallest absolute Gasteiger partial charge is 0.184 e. The van der Waals surface area contributed by atoms with Crippen molar-refractivity contribution in [2.45, 2.75) is 6.54 Å². The van der Waals surface area contributed by atoms with Crippen LogP contribution in [0.4, 0.5) is 27.4 Å². The number of nitrogens with two attached hydrogens (primary N) is 2. The van der Waals surface area contributed by atoms with Crippen LogP contribution in [0.1, 0.15) is 5.56 Å². The second-order valence-corrected chi connectivity index (χ2v) is 7.21. The van der Waals surface area contributed by atoms with E-state index < -0.39 is 5.82 Å². The van der Waals surface area contributed by atoms with Crippen molar-refractivity contribution in [2.24, 2.45) is 10.2 Å². The number of aromatic nitrogens is 5. The number of nitrogen functional groups attached to an aromatic ring is 2. The Morgan fingerprint density at radius 1 is 0.879 bits per heavy atom. The van der Waals surface area contributed by atoms with E-state index in [0.29, 0.717) is 28.8 Å². The van der Waals surface area contributed by atoms with E-state index in [2.05, 4.69) is 30.3 Å². The van der Waals surface area contributed by atoms with Gasteiger partial charge in [-0.15, -0.1) is 5.11 Å². The first-order valence-electron chi connectivity index (χ1n) is 10.0. The third-order valence-corrected chi connectivity index (χ3v) is 4.95. The maximum Gasteiger partial charge on any atom is 0.184 e. The van der Waals surface area contributed by atoms with Crippen molar-refractivity contribution >= 4 is 33.9 Å². The predicted molar refractivity (Wildman–Crippen MR) is 123 cm³/mol. The van der Waals surface area contributed by atoms with Crippen LogP contribution >= 0.6 is 0 Å². The Labute approximate surface area is 187 Å². The minimum absolute atomic E-state index is 0.0449. The van der Waals surface area contributed by atoms with Crippen LogP contribution in [0, 0.1) is 5.82 Å². The lowest BCUT2D eigenvalue weighted by molar-refractivity contribution is 0.616. The first-order chi connectivity index (χ1) is 16.1. The minimum atomic E-state index is -0.413. The second kappa shape index (κ2) is 8.42. The molecule has 9 nitrogen and oxygen atoms in total. The van der Waals surface area contributed by atoms with Gasteiger partial charge in [0.15, 0.2) is 23.1 Å². The first kappa shape index (κ1) is 20.2. The van der Waals surface area contributed by atoms with Crippen molar-refractivity contribution in [3.63, 3.8) is 0 Å². The zero-order valence-electron chi connectivity index (χ0n) is 17.3. The standard InChI is InChI=1S/C23H18FN9/c24-17-10-4-9-16-18(32-33(20(16)17)13-14-6-5-11-27-12-14)23-28-21(25)19(22(26)29-23)31-30-15-7-2-1-3-8-15/h1-12H,13H2,(H4,25,26,28,29). The number of hydrogen-bond donors (Lipinski definition) is 2. The van der Waals surface area contributed by atoms with Crippen LogP contribution in [-0.4, -0.2) is 24.7 Å². The number of pyridine rings is 1. The molecule has 0 amide bonds. The number of anilines is 2. The first-order valence-corrected chi connectivity index (χ1v) is 10.0. The molecule has 10 heteroatoms. The van der Waals surface area contributed by atoms with Crippen LogP contribution in [0.2, 0.25) is 0 Å². The summed E-state index contributed by atoms with van der Waals surface area (Å²) in [4.78, 5) is 12.8. The molecule has 3 aromatic heterocycles. The number of halogens is 1. The molecule has 0 radical (unpaired) electrons. The molecule has 0 saturated carbocycles. The summed E-state index contributed by atoms with van der Waals surface area (Å²) in [6, 6.07) is 17.6. The molecule has 0 aliphatic rings. The summed E-state index contributed by atoms with van der Waals surface area (Å²) < 4.78 is 16.3. The van der Waals surface area contributed by atoms with Crippen LogP contribution in [0.5, 0.6) is 0 Å². The Morgan fingerprint density at radius 3 is 2.39 bits per heavy atom. The Hall–Kier alpha value is -4.73. The minimum Gasteiger partial charge on any atom is -0.382 e. The summed E-state index contributed by atoms with van der Waals surface area (Å²) in [5, 5.41) is 13.3. The van der Waals surface area contributed by atoms with E-state index >= 15 is 0 Å². The highest BCUT2D eigenvalue weighted by Gasteiger charge is 2.20. The predicted octanol–water partition coefficient (Wildman–Crippen LogP) is 4.66. The number of azo groups is 1. The van der Waals surface area contributed by atoms with Crippen LogP contribution in [-0.2, 0) is 6.54 Å². The fraction of sp³-hybridized carbons (Fsp3) is 0.0435. The Bertz CT molecular complexity index is 1440. The lowest BCUT2D eigenvalue weighted by atomic mass is 10.2. The van der Waals surface area contributed by atoms with E-state index in [-0.39, 0.29) is 23.1 Å². The van der Waals surface area contributed by atoms with E-state index in [4.69, 9.17) is 11.5 Å². The fourth-order valence-corrected chi connectivity index (χ4v) is 3.44. The van der Waals surface area contributed by atoms with Gasteiger partial charge >= 0.3 is 0 Å². The normalized spacial score (nSPS) is 11.4. The van der Waals surface area contributed by atoms with Gasteiger partial charge < -0.3 is 11.5 Å². The molecule has 0 aliphatic carbocycles. The van der Waals surface area contributed by atoms with E-state index in [9.17, 15) is 4.39 Å². The molecule has 5 aromatic rings. The molecule has 0 bridgehead atoms. The van der Waals surface area contributed by atoms with E-state index in [0.717, 1.165) is 5.56 Å². The Morgan fingerprint density at radius 2 is 1.67 bits per heavy atom. The van der Waals surface area contributed by atoms with Crippen LogP contribution in [0.25, 0.3) is 22.4 Å². The third kappa shape index (κ3) is 3.97. The van der Waals surface area contributed by atoms with Gasteiger partial charge in [-0.05, 0) is 29.8 Å². The number of nitrogens with zero attached hydrogens (tertiary/aromatic N) is 7. The zero-order chi connectivity index (χ0) is 22.8. The number of para-hydroxylation sites is 1. The largest absolute Gasteiger partial charge is 0.382 e. The number of benzene rings is 2. The van der Waals surface area contributed by atoms with E-state index in [1.165, 1.54) is 6.07 Å². The topological polar surface area (TPSA) is 133 Å². The average molecular weight is 439 g/mol. The van der Waals surface area contributed by atoms with Crippen LogP contribution in [0.15, 0.2) is 83.3 Å². The summed E-state index contributed by atoms with van der Waals surface area (Å²) in [5.41, 5.74) is 14.6. The van der Waals surface area contributed by atoms with Crippen molar-refractivity contribution in [2.75, 3.05) is 11.5 Å². The average Bonchev–Trinajstić information content (AvgIpc) is 3.19. The summed E-state index contributed by atoms with van der Waals surface area (Å²) in [5.74, 6) is -0.152. The molecule has 0 spiro atoms. The molecule has 5 rings (SSSR count). The third-order valence-electron chi connectivity index (χ3n) is 4.95. The lowest BCUT2D eigenvalue weighted by Gasteiger charge is -2.05. The zero-order valence-corrected chi connectivity index (χ0v) is 17.3. The highest BCUT2D eigenvalue weighted by Crippen LogP contribution is 2.33. The van der Waals surface area contributed by atoms with Crippen molar-refractivity contribution in [3.05, 3.63) is 84.4 Å². The summed E-state index contributed by atoms with van der Waals surface area (Å²) >= 11 is 0. The molecule has 33 heavy (non-hydrogen) atoms. The SMILES string of the molecule is Nc1nc(-c2nn(Cc3cccnc3)c3c(F)cccc23)nc(N)c1N=Nc1ccccc1. The highest BCUT2D eigenvalue weighted by molar-refractivity contribution is 5.93. The van der Waals surface area contributed by atoms with Crippen LogP contribution < -0.4 is 11.5 Å². The van der Waals surface area contributed by atoms with Gasteiger partial charge in [-0.25, -0.2) is 14.4 Å². The van der Waals surface area contributed by atoms with Crippen molar-refractivity contribution in [3.8, 4) is 11.5 Å². The molecule has 3 heterocycles. The quantitative estimate of drug-likeness (QED) is 0.383. The molecule has 4 N–H and O–H groups in total. The molecule has 0 aliphatic heterocycles. The van der Waals surface area contributed by atoms with Gasteiger partial charge in [-0.3, -0.25) is 9.67 Å². The van der Waals surface area contributed by atoms with Gasteiger partial charge in [0.25, 0.3) is 0 Å². The molecule has 0 fully saturated rings. The molecule has 162 valence electrons. The van der Waals surface area contributed by atoms with E-state index in [1.54, 1.807) is 41.3 Å².